The molecule has 0 radical (unpaired) electrons. The number of esters is 1. The zero-order chi connectivity index (χ0) is 19.8. The zero-order valence-electron chi connectivity index (χ0n) is 15.1. The highest BCUT2D eigenvalue weighted by atomic mass is 79.9. The van der Waals surface area contributed by atoms with Crippen molar-refractivity contribution in [1.29, 1.82) is 0 Å². The number of carbonyl (C=O) groups excluding carboxylic acids is 3. The van der Waals surface area contributed by atoms with E-state index in [1.807, 2.05) is 25.1 Å². The van der Waals surface area contributed by atoms with E-state index in [0.717, 1.165) is 10.0 Å². The number of ether oxygens (including phenoxy) is 1. The van der Waals surface area contributed by atoms with E-state index in [0.29, 0.717) is 11.3 Å². The summed E-state index contributed by atoms with van der Waals surface area (Å²) in [4.78, 5) is 35.8. The number of hydrogen-bond acceptors (Lipinski definition) is 4. The summed E-state index contributed by atoms with van der Waals surface area (Å²) in [5.74, 6) is -1.26. The molecule has 1 unspecified atom stereocenters. The molecular weight excluding hydrogens is 412 g/mol. The third-order valence-electron chi connectivity index (χ3n) is 3.65. The molecule has 7 heteroatoms. The van der Waals surface area contributed by atoms with E-state index < -0.39 is 24.5 Å². The van der Waals surface area contributed by atoms with E-state index >= 15 is 0 Å². The first-order valence-corrected chi connectivity index (χ1v) is 9.22. The van der Waals surface area contributed by atoms with E-state index in [2.05, 4.69) is 26.6 Å². The molecule has 0 heterocycles. The number of carbonyl (C=O) groups is 3. The van der Waals surface area contributed by atoms with Gasteiger partial charge in [-0.25, -0.2) is 0 Å². The van der Waals surface area contributed by atoms with Crippen LogP contribution < -0.4 is 10.6 Å². The second kappa shape index (κ2) is 9.87. The topological polar surface area (TPSA) is 84.5 Å². The Morgan fingerprint density at radius 1 is 1.11 bits per heavy atom. The van der Waals surface area contributed by atoms with E-state index in [1.54, 1.807) is 37.3 Å². The first-order chi connectivity index (χ1) is 12.8. The molecule has 2 amide bonds. The van der Waals surface area contributed by atoms with Crippen molar-refractivity contribution in [2.24, 2.45) is 0 Å². The van der Waals surface area contributed by atoms with Gasteiger partial charge < -0.3 is 15.4 Å². The summed E-state index contributed by atoms with van der Waals surface area (Å²) < 4.78 is 5.73. The molecule has 0 aromatic heterocycles. The Labute approximate surface area is 166 Å². The Hall–Kier alpha value is -2.67. The highest BCUT2D eigenvalue weighted by Gasteiger charge is 2.15. The summed E-state index contributed by atoms with van der Waals surface area (Å²) in [5.41, 5.74) is 2.17. The summed E-state index contributed by atoms with van der Waals surface area (Å²) in [6, 6.07) is 13.8. The Bertz CT molecular complexity index is 824. The van der Waals surface area contributed by atoms with Gasteiger partial charge in [0.2, 0.25) is 0 Å². The van der Waals surface area contributed by atoms with Crippen molar-refractivity contribution in [3.63, 3.8) is 0 Å². The van der Waals surface area contributed by atoms with Gasteiger partial charge in [0.1, 0.15) is 0 Å². The number of amides is 2. The molecule has 0 spiro atoms. The number of benzene rings is 2. The fraction of sp³-hybridized carbons (Fsp3) is 0.250. The fourth-order valence-corrected chi connectivity index (χ4v) is 2.90. The average Bonchev–Trinajstić information content (AvgIpc) is 2.63. The molecule has 0 aliphatic carbocycles. The monoisotopic (exact) mass is 432 g/mol. The number of anilines is 1. The maximum absolute atomic E-state index is 12.0. The van der Waals surface area contributed by atoms with Gasteiger partial charge in [0.15, 0.2) is 6.61 Å². The van der Waals surface area contributed by atoms with E-state index in [-0.39, 0.29) is 12.3 Å². The molecular formula is C20H21BrN2O4. The van der Waals surface area contributed by atoms with Crippen molar-refractivity contribution >= 4 is 39.4 Å². The van der Waals surface area contributed by atoms with Crippen LogP contribution >= 0.6 is 15.9 Å². The molecule has 6 nitrogen and oxygen atoms in total. The minimum Gasteiger partial charge on any atom is -0.455 e. The molecule has 2 N–H and O–H groups in total. The molecule has 2 aromatic rings. The van der Waals surface area contributed by atoms with Crippen LogP contribution in [0.1, 0.15) is 29.3 Å². The van der Waals surface area contributed by atoms with Crippen LogP contribution in [0.3, 0.4) is 0 Å². The van der Waals surface area contributed by atoms with Crippen molar-refractivity contribution < 1.29 is 19.1 Å². The molecule has 2 rings (SSSR count). The number of hydrogen-bond donors (Lipinski definition) is 2. The maximum Gasteiger partial charge on any atom is 0.308 e. The first-order valence-electron chi connectivity index (χ1n) is 8.42. The normalized spacial score (nSPS) is 11.4. The molecule has 0 saturated carbocycles. The van der Waals surface area contributed by atoms with Crippen LogP contribution in [0.5, 0.6) is 0 Å². The van der Waals surface area contributed by atoms with Crippen LogP contribution in [0, 0.1) is 6.92 Å². The molecule has 0 aliphatic heterocycles. The summed E-state index contributed by atoms with van der Waals surface area (Å²) in [5, 5.41) is 5.39. The smallest absolute Gasteiger partial charge is 0.308 e. The van der Waals surface area contributed by atoms with Gasteiger partial charge in [-0.2, -0.15) is 0 Å². The lowest BCUT2D eigenvalue weighted by atomic mass is 10.2. The van der Waals surface area contributed by atoms with Crippen LogP contribution in [0.2, 0.25) is 0 Å². The first kappa shape index (κ1) is 20.6. The highest BCUT2D eigenvalue weighted by Crippen LogP contribution is 2.23. The third kappa shape index (κ3) is 6.86. The number of nitrogens with one attached hydrogen (secondary N) is 2. The number of halogens is 1. The van der Waals surface area contributed by atoms with Crippen LogP contribution in [-0.2, 0) is 14.3 Å². The third-order valence-corrected chi connectivity index (χ3v) is 4.31. The van der Waals surface area contributed by atoms with Crippen LogP contribution in [0.15, 0.2) is 53.0 Å². The number of rotatable bonds is 7. The SMILES string of the molecule is Cc1ccc(NC(=O)COC(=O)CC(C)NC(=O)c2ccccc2)c(Br)c1. The number of aryl methyl sites for hydroxylation is 1. The maximum atomic E-state index is 12.0. The molecule has 0 bridgehead atoms. The van der Waals surface area contributed by atoms with Gasteiger partial charge in [-0.3, -0.25) is 14.4 Å². The van der Waals surface area contributed by atoms with Crippen LogP contribution in [0.25, 0.3) is 0 Å². The van der Waals surface area contributed by atoms with E-state index in [1.165, 1.54) is 0 Å². The second-order valence-electron chi connectivity index (χ2n) is 6.14. The van der Waals surface area contributed by atoms with Crippen LogP contribution in [0.4, 0.5) is 5.69 Å². The van der Waals surface area contributed by atoms with Crippen molar-refractivity contribution in [2.75, 3.05) is 11.9 Å². The Morgan fingerprint density at radius 3 is 2.48 bits per heavy atom. The molecule has 142 valence electrons. The molecule has 2 aromatic carbocycles. The van der Waals surface area contributed by atoms with Gasteiger partial charge in [-0.05, 0) is 59.6 Å². The summed E-state index contributed by atoms with van der Waals surface area (Å²) >= 11 is 3.37. The lowest BCUT2D eigenvalue weighted by Crippen LogP contribution is -2.35. The molecule has 0 saturated heterocycles. The van der Waals surface area contributed by atoms with Gasteiger partial charge in [-0.15, -0.1) is 0 Å². The molecule has 0 fully saturated rings. The minimum atomic E-state index is -0.561. The fourth-order valence-electron chi connectivity index (χ4n) is 2.31. The van der Waals surface area contributed by atoms with Gasteiger partial charge in [0.05, 0.1) is 12.1 Å². The zero-order valence-corrected chi connectivity index (χ0v) is 16.7. The molecule has 1 atom stereocenters. The summed E-state index contributed by atoms with van der Waals surface area (Å²) in [6.07, 6.45) is -0.0277. The standard InChI is InChI=1S/C20H21BrN2O4/c1-13-8-9-17(16(21)10-13)23-18(24)12-27-19(25)11-14(2)22-20(26)15-6-4-3-5-7-15/h3-10,14H,11-12H2,1-2H3,(H,22,26)(H,23,24). The van der Waals surface area contributed by atoms with Crippen molar-refractivity contribution in [1.82, 2.24) is 5.32 Å². The predicted molar refractivity (Wildman–Crippen MR) is 106 cm³/mol. The van der Waals surface area contributed by atoms with E-state index in [4.69, 9.17) is 4.74 Å². The highest BCUT2D eigenvalue weighted by molar-refractivity contribution is 9.10. The second-order valence-corrected chi connectivity index (χ2v) is 6.99. The predicted octanol–water partition coefficient (Wildman–Crippen LogP) is 3.45. The Balaban J connectivity index is 1.75. The largest absolute Gasteiger partial charge is 0.455 e. The van der Waals surface area contributed by atoms with Gasteiger partial charge in [-0.1, -0.05) is 24.3 Å². The lowest BCUT2D eigenvalue weighted by molar-refractivity contribution is -0.147. The Morgan fingerprint density at radius 2 is 1.81 bits per heavy atom. The minimum absolute atomic E-state index is 0.0277. The van der Waals surface area contributed by atoms with Gasteiger partial charge in [0.25, 0.3) is 11.8 Å². The van der Waals surface area contributed by atoms with Gasteiger partial charge >= 0.3 is 5.97 Å². The van der Waals surface area contributed by atoms with Crippen molar-refractivity contribution in [2.45, 2.75) is 26.3 Å². The van der Waals surface area contributed by atoms with Crippen molar-refractivity contribution in [3.05, 3.63) is 64.1 Å². The molecule has 0 aliphatic rings. The van der Waals surface area contributed by atoms with E-state index in [9.17, 15) is 14.4 Å². The molecule has 27 heavy (non-hydrogen) atoms. The van der Waals surface area contributed by atoms with Gasteiger partial charge in [0, 0.05) is 16.1 Å². The lowest BCUT2D eigenvalue weighted by Gasteiger charge is -2.13. The Kier molecular flexibility index (Phi) is 7.55. The average molecular weight is 433 g/mol. The quantitative estimate of drug-likeness (QED) is 0.656. The van der Waals surface area contributed by atoms with Crippen LogP contribution in [-0.4, -0.2) is 30.4 Å². The van der Waals surface area contributed by atoms with Crippen molar-refractivity contribution in [3.8, 4) is 0 Å². The summed E-state index contributed by atoms with van der Waals surface area (Å²) in [6.45, 7) is 3.25. The summed E-state index contributed by atoms with van der Waals surface area (Å²) in [7, 11) is 0.